The summed E-state index contributed by atoms with van der Waals surface area (Å²) >= 11 is 10.8. The maximum atomic E-state index is 10.9. The molecule has 0 aliphatic carbocycles. The largest absolute Gasteiger partial charge is 0.368 e. The average molecular weight is 268 g/mol. The first kappa shape index (κ1) is 13.4. The average Bonchev–Trinajstić information content (AvgIpc) is 2.15. The SMILES string of the molecule is Cc1cc(Cl)cc(NC(=S)C(C#N)C(N)=O)c1. The van der Waals surface area contributed by atoms with Gasteiger partial charge in [-0.15, -0.1) is 0 Å². The third-order valence-corrected chi connectivity index (χ3v) is 2.54. The number of anilines is 1. The molecule has 1 aromatic rings. The number of carbonyl (C=O) groups is 1. The molecule has 0 bridgehead atoms. The molecule has 0 heterocycles. The van der Waals surface area contributed by atoms with Crippen molar-refractivity contribution >= 4 is 40.4 Å². The van der Waals surface area contributed by atoms with Crippen LogP contribution in [0, 0.1) is 24.2 Å². The Kier molecular flexibility index (Phi) is 4.44. The van der Waals surface area contributed by atoms with E-state index in [4.69, 9.17) is 34.8 Å². The van der Waals surface area contributed by atoms with Crippen LogP contribution in [0.25, 0.3) is 0 Å². The normalized spacial score (nSPS) is 11.4. The molecule has 0 fully saturated rings. The second-order valence-corrected chi connectivity index (χ2v) is 4.35. The van der Waals surface area contributed by atoms with Crippen LogP contribution in [0.5, 0.6) is 0 Å². The molecule has 1 unspecified atom stereocenters. The number of aryl methyl sites for hydroxylation is 1. The zero-order valence-electron chi connectivity index (χ0n) is 9.03. The van der Waals surface area contributed by atoms with Crippen LogP contribution in [0.2, 0.25) is 5.02 Å². The summed E-state index contributed by atoms with van der Waals surface area (Å²) in [6, 6.07) is 6.97. The Morgan fingerprint density at radius 1 is 1.59 bits per heavy atom. The van der Waals surface area contributed by atoms with Gasteiger partial charge in [0.2, 0.25) is 5.91 Å². The van der Waals surface area contributed by atoms with E-state index in [1.165, 1.54) is 0 Å². The Labute approximate surface area is 109 Å². The van der Waals surface area contributed by atoms with E-state index in [1.807, 2.05) is 6.92 Å². The molecule has 0 aliphatic heterocycles. The maximum absolute atomic E-state index is 10.9. The highest BCUT2D eigenvalue weighted by molar-refractivity contribution is 7.80. The molecule has 0 saturated heterocycles. The van der Waals surface area contributed by atoms with Crippen LogP contribution in [-0.4, -0.2) is 10.9 Å². The zero-order chi connectivity index (χ0) is 13.0. The number of hydrogen-bond acceptors (Lipinski definition) is 3. The van der Waals surface area contributed by atoms with Gasteiger partial charge in [-0.05, 0) is 30.7 Å². The molecule has 17 heavy (non-hydrogen) atoms. The number of amides is 1. The first-order chi connectivity index (χ1) is 7.93. The lowest BCUT2D eigenvalue weighted by Gasteiger charge is -2.11. The van der Waals surface area contributed by atoms with Crippen molar-refractivity contribution in [1.82, 2.24) is 0 Å². The van der Waals surface area contributed by atoms with Crippen LogP contribution in [0.1, 0.15) is 5.56 Å². The molecule has 1 amide bonds. The lowest BCUT2D eigenvalue weighted by molar-refractivity contribution is -0.118. The standard InChI is InChI=1S/C11H10ClN3OS/c1-6-2-7(12)4-8(3-6)15-11(17)9(5-13)10(14)16/h2-4,9H,1H3,(H2,14,16)(H,15,17). The summed E-state index contributed by atoms with van der Waals surface area (Å²) in [5.41, 5.74) is 6.61. The van der Waals surface area contributed by atoms with Crippen LogP contribution in [0.4, 0.5) is 5.69 Å². The summed E-state index contributed by atoms with van der Waals surface area (Å²) in [6.45, 7) is 1.87. The summed E-state index contributed by atoms with van der Waals surface area (Å²) in [4.78, 5) is 11.0. The van der Waals surface area contributed by atoms with Gasteiger partial charge in [0.15, 0.2) is 5.92 Å². The molecule has 0 radical (unpaired) electrons. The van der Waals surface area contributed by atoms with Gasteiger partial charge in [-0.3, -0.25) is 4.79 Å². The minimum Gasteiger partial charge on any atom is -0.368 e. The van der Waals surface area contributed by atoms with Crippen molar-refractivity contribution in [1.29, 1.82) is 5.26 Å². The monoisotopic (exact) mass is 267 g/mol. The van der Waals surface area contributed by atoms with Crippen molar-refractivity contribution in [3.8, 4) is 6.07 Å². The lowest BCUT2D eigenvalue weighted by Crippen LogP contribution is -2.32. The summed E-state index contributed by atoms with van der Waals surface area (Å²) in [5.74, 6) is -1.91. The molecule has 1 atom stereocenters. The molecular weight excluding hydrogens is 258 g/mol. The smallest absolute Gasteiger partial charge is 0.241 e. The number of nitrogens with one attached hydrogen (secondary N) is 1. The third kappa shape index (κ3) is 3.70. The predicted molar refractivity (Wildman–Crippen MR) is 70.7 cm³/mol. The molecule has 4 nitrogen and oxygen atoms in total. The predicted octanol–water partition coefficient (Wildman–Crippen LogP) is 2.01. The van der Waals surface area contributed by atoms with E-state index in [0.717, 1.165) is 5.56 Å². The van der Waals surface area contributed by atoms with Crippen LogP contribution >= 0.6 is 23.8 Å². The lowest BCUT2D eigenvalue weighted by atomic mass is 10.1. The molecule has 0 saturated carbocycles. The number of carbonyl (C=O) groups excluding carboxylic acids is 1. The number of nitrogens with two attached hydrogens (primary N) is 1. The van der Waals surface area contributed by atoms with E-state index in [2.05, 4.69) is 5.32 Å². The van der Waals surface area contributed by atoms with Gasteiger partial charge >= 0.3 is 0 Å². The van der Waals surface area contributed by atoms with Crippen LogP contribution in [-0.2, 0) is 4.79 Å². The fourth-order valence-electron chi connectivity index (χ4n) is 1.27. The van der Waals surface area contributed by atoms with Gasteiger partial charge < -0.3 is 11.1 Å². The highest BCUT2D eigenvalue weighted by Gasteiger charge is 2.20. The van der Waals surface area contributed by atoms with E-state index in [9.17, 15) is 4.79 Å². The molecule has 3 N–H and O–H groups in total. The van der Waals surface area contributed by atoms with E-state index in [-0.39, 0.29) is 4.99 Å². The number of benzene rings is 1. The van der Waals surface area contributed by atoms with Gasteiger partial charge in [-0.25, -0.2) is 0 Å². The van der Waals surface area contributed by atoms with Crippen LogP contribution in [0.15, 0.2) is 18.2 Å². The Balaban J connectivity index is 2.88. The van der Waals surface area contributed by atoms with Gasteiger partial charge in [-0.1, -0.05) is 23.8 Å². The fraction of sp³-hybridized carbons (Fsp3) is 0.182. The first-order valence-corrected chi connectivity index (χ1v) is 5.49. The Hall–Kier alpha value is -1.64. The fourth-order valence-corrected chi connectivity index (χ4v) is 1.85. The highest BCUT2D eigenvalue weighted by Crippen LogP contribution is 2.19. The second-order valence-electron chi connectivity index (χ2n) is 3.47. The van der Waals surface area contributed by atoms with Crippen LogP contribution < -0.4 is 11.1 Å². The minimum atomic E-state index is -1.13. The quantitative estimate of drug-likeness (QED) is 0.821. The van der Waals surface area contributed by atoms with Crippen LogP contribution in [0.3, 0.4) is 0 Å². The van der Waals surface area contributed by atoms with Gasteiger partial charge in [0.05, 0.1) is 6.07 Å². The molecule has 88 valence electrons. The molecule has 0 aliphatic rings. The topological polar surface area (TPSA) is 78.9 Å². The van der Waals surface area contributed by atoms with Crippen molar-refractivity contribution in [3.63, 3.8) is 0 Å². The first-order valence-electron chi connectivity index (χ1n) is 4.71. The van der Waals surface area contributed by atoms with Gasteiger partial charge in [0.25, 0.3) is 0 Å². The number of thiocarbonyl (C=S) groups is 1. The molecule has 0 aromatic heterocycles. The maximum Gasteiger partial charge on any atom is 0.241 e. The summed E-state index contributed by atoms with van der Waals surface area (Å²) in [6.07, 6.45) is 0. The Morgan fingerprint density at radius 2 is 2.24 bits per heavy atom. The summed E-state index contributed by atoms with van der Waals surface area (Å²) in [7, 11) is 0. The zero-order valence-corrected chi connectivity index (χ0v) is 10.6. The number of nitrogens with zero attached hydrogens (tertiary/aromatic N) is 1. The van der Waals surface area contributed by atoms with Crippen molar-refractivity contribution in [2.45, 2.75) is 6.92 Å². The van der Waals surface area contributed by atoms with Crippen molar-refractivity contribution < 1.29 is 4.79 Å². The molecule has 1 aromatic carbocycles. The third-order valence-electron chi connectivity index (χ3n) is 1.99. The molecule has 1 rings (SSSR count). The highest BCUT2D eigenvalue weighted by atomic mass is 35.5. The molecule has 0 spiro atoms. The number of hydrogen-bond donors (Lipinski definition) is 2. The molecule has 6 heteroatoms. The summed E-state index contributed by atoms with van der Waals surface area (Å²) < 4.78 is 0. The second kappa shape index (κ2) is 5.62. The number of nitriles is 1. The van der Waals surface area contributed by atoms with Gasteiger partial charge in [0, 0.05) is 10.7 Å². The number of primary amides is 1. The van der Waals surface area contributed by atoms with E-state index >= 15 is 0 Å². The van der Waals surface area contributed by atoms with E-state index in [0.29, 0.717) is 10.7 Å². The van der Waals surface area contributed by atoms with Gasteiger partial charge in [0.1, 0.15) is 4.99 Å². The minimum absolute atomic E-state index is 0.0710. The van der Waals surface area contributed by atoms with E-state index < -0.39 is 11.8 Å². The number of rotatable bonds is 3. The van der Waals surface area contributed by atoms with Crippen molar-refractivity contribution in [2.75, 3.05) is 5.32 Å². The summed E-state index contributed by atoms with van der Waals surface area (Å²) in [5, 5.41) is 12.1. The van der Waals surface area contributed by atoms with Crippen molar-refractivity contribution in [2.24, 2.45) is 11.7 Å². The Morgan fingerprint density at radius 3 is 2.71 bits per heavy atom. The Bertz CT molecular complexity index is 490. The van der Waals surface area contributed by atoms with E-state index in [1.54, 1.807) is 24.3 Å². The van der Waals surface area contributed by atoms with Crippen molar-refractivity contribution in [3.05, 3.63) is 28.8 Å². The van der Waals surface area contributed by atoms with Gasteiger partial charge in [-0.2, -0.15) is 5.26 Å². The number of halogens is 1. The molecular formula is C11H10ClN3OS.